The van der Waals surface area contributed by atoms with Crippen molar-refractivity contribution in [2.75, 3.05) is 5.75 Å². The maximum atomic E-state index is 10.4. The van der Waals surface area contributed by atoms with Gasteiger partial charge in [0.05, 0.1) is 0 Å². The first kappa shape index (κ1) is 20.1. The van der Waals surface area contributed by atoms with Crippen LogP contribution in [-0.4, -0.2) is 14.5 Å². The van der Waals surface area contributed by atoms with Crippen molar-refractivity contribution in [2.24, 2.45) is 0 Å². The Hall–Kier alpha value is 0.110. The molecule has 0 bridgehead atoms. The normalized spacial score (nSPS) is 12.7. The minimum absolute atomic E-state index is 0.457. The lowest BCUT2D eigenvalue weighted by molar-refractivity contribution is 0.532. The van der Waals surface area contributed by atoms with E-state index in [1.807, 2.05) is 0 Å². The largest absolute Gasteiger partial charge is 0.306 e. The fourth-order valence-corrected chi connectivity index (χ4v) is 3.05. The minimum atomic E-state index is -1.58. The van der Waals surface area contributed by atoms with Crippen LogP contribution in [0.25, 0.3) is 0 Å². The predicted octanol–water partition coefficient (Wildman–Crippen LogP) is 6.08. The average molecular weight is 305 g/mol. The van der Waals surface area contributed by atoms with Gasteiger partial charge in [-0.15, -0.1) is 0 Å². The molecule has 0 aliphatic carbocycles. The molecule has 0 aliphatic rings. The number of rotatable bonds is 16. The van der Waals surface area contributed by atoms with Gasteiger partial charge in [-0.25, -0.2) is 4.21 Å². The van der Waals surface area contributed by atoms with Crippen molar-refractivity contribution in [3.8, 4) is 0 Å². The fraction of sp³-hybridized carbons (Fsp3) is 1.00. The third-order valence-corrected chi connectivity index (χ3v) is 4.56. The third-order valence-electron chi connectivity index (χ3n) is 3.92. The van der Waals surface area contributed by atoms with Crippen LogP contribution < -0.4 is 0 Å². The highest BCUT2D eigenvalue weighted by molar-refractivity contribution is 7.79. The molecule has 0 rings (SSSR count). The molecular weight excluding hydrogens is 268 g/mol. The van der Waals surface area contributed by atoms with Crippen molar-refractivity contribution < 1.29 is 8.76 Å². The van der Waals surface area contributed by atoms with Crippen molar-refractivity contribution in [3.63, 3.8) is 0 Å². The van der Waals surface area contributed by atoms with Crippen LogP contribution in [0.15, 0.2) is 0 Å². The van der Waals surface area contributed by atoms with Crippen LogP contribution in [0.3, 0.4) is 0 Å². The minimum Gasteiger partial charge on any atom is -0.306 e. The van der Waals surface area contributed by atoms with Crippen molar-refractivity contribution in [1.29, 1.82) is 0 Å². The Labute approximate surface area is 129 Å². The Morgan fingerprint density at radius 2 is 0.900 bits per heavy atom. The molecule has 0 saturated carbocycles. The van der Waals surface area contributed by atoms with E-state index in [-0.39, 0.29) is 0 Å². The Bertz CT molecular complexity index is 207. The molecule has 0 radical (unpaired) electrons. The molecule has 0 saturated heterocycles. The van der Waals surface area contributed by atoms with E-state index in [0.29, 0.717) is 5.75 Å². The zero-order valence-electron chi connectivity index (χ0n) is 13.6. The molecule has 0 aliphatic heterocycles. The summed E-state index contributed by atoms with van der Waals surface area (Å²) in [6.07, 6.45) is 20.0. The van der Waals surface area contributed by atoms with Crippen LogP contribution in [0.4, 0.5) is 0 Å². The first-order valence-electron chi connectivity index (χ1n) is 8.85. The summed E-state index contributed by atoms with van der Waals surface area (Å²) in [5.74, 6) is 0.457. The molecule has 0 aromatic heterocycles. The van der Waals surface area contributed by atoms with Gasteiger partial charge in [0.1, 0.15) is 0 Å². The lowest BCUT2D eigenvalue weighted by Gasteiger charge is -2.03. The fourth-order valence-electron chi connectivity index (χ4n) is 2.60. The zero-order valence-corrected chi connectivity index (χ0v) is 14.4. The second kappa shape index (κ2) is 17.2. The maximum Gasteiger partial charge on any atom is 0.152 e. The molecule has 20 heavy (non-hydrogen) atoms. The van der Waals surface area contributed by atoms with Gasteiger partial charge in [-0.2, -0.15) is 0 Å². The Kier molecular flexibility index (Phi) is 17.3. The van der Waals surface area contributed by atoms with Gasteiger partial charge in [-0.1, -0.05) is 96.8 Å². The van der Waals surface area contributed by atoms with Crippen molar-refractivity contribution >= 4 is 11.1 Å². The first-order valence-corrected chi connectivity index (χ1v) is 10.1. The summed E-state index contributed by atoms with van der Waals surface area (Å²) in [6.45, 7) is 2.27. The van der Waals surface area contributed by atoms with Crippen LogP contribution in [0.2, 0.25) is 0 Å². The van der Waals surface area contributed by atoms with E-state index < -0.39 is 11.1 Å². The highest BCUT2D eigenvalue weighted by Crippen LogP contribution is 2.13. The van der Waals surface area contributed by atoms with Gasteiger partial charge in [-0.3, -0.25) is 0 Å². The second-order valence-corrected chi connectivity index (χ2v) is 7.03. The second-order valence-electron chi connectivity index (χ2n) is 5.98. The molecule has 2 nitrogen and oxygen atoms in total. The van der Waals surface area contributed by atoms with Crippen molar-refractivity contribution in [1.82, 2.24) is 0 Å². The summed E-state index contributed by atoms with van der Waals surface area (Å²) in [4.78, 5) is 0. The summed E-state index contributed by atoms with van der Waals surface area (Å²) in [6, 6.07) is 0. The predicted molar refractivity (Wildman–Crippen MR) is 90.6 cm³/mol. The molecular formula is C17H36O2S. The molecule has 0 amide bonds. The monoisotopic (exact) mass is 304 g/mol. The lowest BCUT2D eigenvalue weighted by atomic mass is 10.0. The van der Waals surface area contributed by atoms with Gasteiger partial charge < -0.3 is 4.55 Å². The SMILES string of the molecule is CCCCCCCCCCCCCCCCCS(=O)O. The summed E-state index contributed by atoms with van der Waals surface area (Å²) in [5.41, 5.74) is 0. The van der Waals surface area contributed by atoms with E-state index in [1.54, 1.807) is 0 Å². The van der Waals surface area contributed by atoms with E-state index in [2.05, 4.69) is 6.92 Å². The molecule has 3 heteroatoms. The Morgan fingerprint density at radius 1 is 0.600 bits per heavy atom. The highest BCUT2D eigenvalue weighted by Gasteiger charge is 1.95. The van der Waals surface area contributed by atoms with Crippen molar-refractivity contribution in [3.05, 3.63) is 0 Å². The molecule has 122 valence electrons. The van der Waals surface area contributed by atoms with Crippen molar-refractivity contribution in [2.45, 2.75) is 103 Å². The smallest absolute Gasteiger partial charge is 0.152 e. The summed E-state index contributed by atoms with van der Waals surface area (Å²) in [5, 5.41) is 0. The molecule has 0 spiro atoms. The number of hydrogen-bond donors (Lipinski definition) is 1. The number of unbranched alkanes of at least 4 members (excludes halogenated alkanes) is 14. The molecule has 1 N–H and O–H groups in total. The molecule has 0 fully saturated rings. The van der Waals surface area contributed by atoms with Gasteiger partial charge in [0.2, 0.25) is 0 Å². The van der Waals surface area contributed by atoms with E-state index >= 15 is 0 Å². The van der Waals surface area contributed by atoms with Crippen LogP contribution in [-0.2, 0) is 11.1 Å². The van der Waals surface area contributed by atoms with Gasteiger partial charge in [0.15, 0.2) is 11.1 Å². The molecule has 0 heterocycles. The molecule has 1 unspecified atom stereocenters. The van der Waals surface area contributed by atoms with E-state index in [0.717, 1.165) is 12.8 Å². The molecule has 0 aromatic carbocycles. The van der Waals surface area contributed by atoms with Gasteiger partial charge in [-0.05, 0) is 6.42 Å². The van der Waals surface area contributed by atoms with E-state index in [9.17, 15) is 4.21 Å². The Balaban J connectivity index is 2.94. The Morgan fingerprint density at radius 3 is 1.20 bits per heavy atom. The lowest BCUT2D eigenvalue weighted by Crippen LogP contribution is -1.94. The quantitative estimate of drug-likeness (QED) is 0.277. The first-order chi connectivity index (χ1) is 9.77. The van der Waals surface area contributed by atoms with Crippen LogP contribution in [0.5, 0.6) is 0 Å². The standard InChI is InChI=1S/C17H36O2S/c1-2-3-4-5-6-7-8-9-10-11-12-13-14-15-16-17-20(18)19/h2-17H2,1H3,(H,18,19). The van der Waals surface area contributed by atoms with E-state index in [1.165, 1.54) is 83.5 Å². The summed E-state index contributed by atoms with van der Waals surface area (Å²) < 4.78 is 19.1. The molecule has 0 aromatic rings. The van der Waals surface area contributed by atoms with Gasteiger partial charge in [0.25, 0.3) is 0 Å². The van der Waals surface area contributed by atoms with Gasteiger partial charge in [0, 0.05) is 5.75 Å². The van der Waals surface area contributed by atoms with Crippen LogP contribution >= 0.6 is 0 Å². The van der Waals surface area contributed by atoms with Gasteiger partial charge >= 0.3 is 0 Å². The third kappa shape index (κ3) is 18.1. The number of hydrogen-bond acceptors (Lipinski definition) is 1. The maximum absolute atomic E-state index is 10.4. The topological polar surface area (TPSA) is 37.3 Å². The average Bonchev–Trinajstić information content (AvgIpc) is 2.43. The van der Waals surface area contributed by atoms with Crippen LogP contribution in [0.1, 0.15) is 103 Å². The molecule has 1 atom stereocenters. The summed E-state index contributed by atoms with van der Waals surface area (Å²) in [7, 11) is 0. The van der Waals surface area contributed by atoms with Crippen LogP contribution in [0, 0.1) is 0 Å². The highest BCUT2D eigenvalue weighted by atomic mass is 32.2. The summed E-state index contributed by atoms with van der Waals surface area (Å²) >= 11 is -1.58. The van der Waals surface area contributed by atoms with E-state index in [4.69, 9.17) is 4.55 Å². The zero-order chi connectivity index (χ0) is 14.9.